The number of ether oxygens (including phenoxy) is 2. The van der Waals surface area contributed by atoms with Crippen molar-refractivity contribution in [3.05, 3.63) is 54.3 Å². The molecule has 8 nitrogen and oxygen atoms in total. The highest BCUT2D eigenvalue weighted by Crippen LogP contribution is 2.27. The van der Waals surface area contributed by atoms with Gasteiger partial charge in [0.25, 0.3) is 0 Å². The van der Waals surface area contributed by atoms with Crippen LogP contribution in [0.2, 0.25) is 0 Å². The number of carbonyl (C=O) groups is 2. The summed E-state index contributed by atoms with van der Waals surface area (Å²) in [7, 11) is 0. The summed E-state index contributed by atoms with van der Waals surface area (Å²) in [5, 5.41) is 24.2. The Morgan fingerprint density at radius 2 is 1.56 bits per heavy atom. The summed E-state index contributed by atoms with van der Waals surface area (Å²) in [4.78, 5) is 24.0. The molecule has 1 rings (SSSR count). The standard InChI is InChI=1S/C26H40N2O6/c1-4-26(3,12-11-21(2)29)20-25(32)28-14-6-16-34-18-17-33-15-5-13-27-24(31)19-22-7-9-23(30)10-8-22/h7-12,29-30H,2,4-6,13-20H2,1,3H3,(H,27,31)(H,28,32)/b12-11-. The molecule has 0 aliphatic rings. The number of phenols is 1. The second-order valence-electron chi connectivity index (χ2n) is 8.48. The Kier molecular flexibility index (Phi) is 14.4. The minimum absolute atomic E-state index is 0.0186. The van der Waals surface area contributed by atoms with E-state index >= 15 is 0 Å². The van der Waals surface area contributed by atoms with Crippen LogP contribution >= 0.6 is 0 Å². The monoisotopic (exact) mass is 476 g/mol. The lowest BCUT2D eigenvalue weighted by atomic mass is 9.83. The van der Waals surface area contributed by atoms with E-state index in [9.17, 15) is 19.8 Å². The number of aliphatic hydroxyl groups is 1. The molecule has 34 heavy (non-hydrogen) atoms. The Labute approximate surface area is 203 Å². The highest BCUT2D eigenvalue weighted by molar-refractivity contribution is 5.78. The van der Waals surface area contributed by atoms with Crippen LogP contribution < -0.4 is 10.6 Å². The Morgan fingerprint density at radius 1 is 1.00 bits per heavy atom. The fourth-order valence-electron chi connectivity index (χ4n) is 3.02. The van der Waals surface area contributed by atoms with Crippen LogP contribution in [0.1, 0.15) is 45.1 Å². The Hall–Kier alpha value is -2.84. The molecule has 0 aliphatic heterocycles. The lowest BCUT2D eigenvalue weighted by Gasteiger charge is -2.23. The number of hydrogen-bond acceptors (Lipinski definition) is 6. The van der Waals surface area contributed by atoms with E-state index in [0.29, 0.717) is 58.8 Å². The van der Waals surface area contributed by atoms with Gasteiger partial charge in [-0.1, -0.05) is 38.6 Å². The highest BCUT2D eigenvalue weighted by Gasteiger charge is 2.22. The first-order valence-corrected chi connectivity index (χ1v) is 11.8. The number of nitrogens with one attached hydrogen (secondary N) is 2. The van der Waals surface area contributed by atoms with Crippen LogP contribution in [-0.4, -0.2) is 61.5 Å². The average Bonchev–Trinajstić information content (AvgIpc) is 2.80. The molecule has 0 spiro atoms. The smallest absolute Gasteiger partial charge is 0.224 e. The molecular weight excluding hydrogens is 436 g/mol. The maximum Gasteiger partial charge on any atom is 0.224 e. The van der Waals surface area contributed by atoms with E-state index in [4.69, 9.17) is 9.47 Å². The van der Waals surface area contributed by atoms with Gasteiger partial charge in [-0.05, 0) is 48.4 Å². The van der Waals surface area contributed by atoms with Crippen molar-refractivity contribution in [2.24, 2.45) is 5.41 Å². The van der Waals surface area contributed by atoms with Crippen molar-refractivity contribution in [3.63, 3.8) is 0 Å². The molecular formula is C26H40N2O6. The third kappa shape index (κ3) is 14.3. The third-order valence-electron chi connectivity index (χ3n) is 5.30. The van der Waals surface area contributed by atoms with Crippen LogP contribution in [0.3, 0.4) is 0 Å². The molecule has 1 aromatic rings. The predicted molar refractivity (Wildman–Crippen MR) is 133 cm³/mol. The van der Waals surface area contributed by atoms with Crippen LogP contribution in [0, 0.1) is 5.41 Å². The number of amides is 2. The van der Waals surface area contributed by atoms with Gasteiger partial charge in [-0.3, -0.25) is 9.59 Å². The molecule has 1 unspecified atom stereocenters. The third-order valence-corrected chi connectivity index (χ3v) is 5.30. The number of carbonyl (C=O) groups excluding carboxylic acids is 2. The molecule has 0 fully saturated rings. The van der Waals surface area contributed by atoms with Crippen LogP contribution in [-0.2, 0) is 25.5 Å². The first-order valence-electron chi connectivity index (χ1n) is 11.8. The first kappa shape index (κ1) is 29.2. The number of aromatic hydroxyl groups is 1. The van der Waals surface area contributed by atoms with Crippen molar-refractivity contribution >= 4 is 11.8 Å². The molecule has 1 aromatic carbocycles. The molecule has 0 aromatic heterocycles. The van der Waals surface area contributed by atoms with Gasteiger partial charge < -0.3 is 30.3 Å². The number of phenolic OH excluding ortho intramolecular Hbond substituents is 1. The zero-order valence-corrected chi connectivity index (χ0v) is 20.5. The summed E-state index contributed by atoms with van der Waals surface area (Å²) in [5.74, 6) is 0.0714. The molecule has 1 atom stereocenters. The Morgan fingerprint density at radius 3 is 2.09 bits per heavy atom. The highest BCUT2D eigenvalue weighted by atomic mass is 16.5. The van der Waals surface area contributed by atoms with Crippen molar-refractivity contribution in [2.75, 3.05) is 39.5 Å². The first-order chi connectivity index (χ1) is 16.2. The number of hydrogen-bond donors (Lipinski definition) is 4. The summed E-state index contributed by atoms with van der Waals surface area (Å²) in [6, 6.07) is 6.58. The molecule has 0 saturated heterocycles. The van der Waals surface area contributed by atoms with Crippen molar-refractivity contribution in [2.45, 2.75) is 46.0 Å². The van der Waals surface area contributed by atoms with Crippen molar-refractivity contribution in [3.8, 4) is 5.75 Å². The molecule has 8 heteroatoms. The Bertz CT molecular complexity index is 778. The van der Waals surface area contributed by atoms with Crippen molar-refractivity contribution in [1.29, 1.82) is 0 Å². The van der Waals surface area contributed by atoms with E-state index in [2.05, 4.69) is 17.2 Å². The van der Waals surface area contributed by atoms with E-state index in [1.807, 2.05) is 19.9 Å². The molecule has 0 aliphatic carbocycles. The Balaban J connectivity index is 1.96. The van der Waals surface area contributed by atoms with Gasteiger partial charge in [-0.15, -0.1) is 0 Å². The van der Waals surface area contributed by atoms with Crippen LogP contribution in [0.15, 0.2) is 48.8 Å². The van der Waals surface area contributed by atoms with Crippen molar-refractivity contribution in [1.82, 2.24) is 10.6 Å². The SMILES string of the molecule is C=C(O)/C=C\C(C)(CC)CC(=O)NCCCOCCOCCCNC(=O)Cc1ccc(O)cc1. The minimum atomic E-state index is -0.320. The van der Waals surface area contributed by atoms with Gasteiger partial charge in [-0.25, -0.2) is 0 Å². The van der Waals surface area contributed by atoms with Gasteiger partial charge in [-0.2, -0.15) is 0 Å². The number of rotatable bonds is 18. The number of aliphatic hydroxyl groups excluding tert-OH is 1. The largest absolute Gasteiger partial charge is 0.509 e. The van der Waals surface area contributed by atoms with Gasteiger partial charge in [0.2, 0.25) is 11.8 Å². The fraction of sp³-hybridized carbons (Fsp3) is 0.538. The number of allylic oxidation sites excluding steroid dienone is 2. The van der Waals surface area contributed by atoms with Crippen LogP contribution in [0.4, 0.5) is 0 Å². The molecule has 4 N–H and O–H groups in total. The van der Waals surface area contributed by atoms with E-state index < -0.39 is 0 Å². The normalized spacial score (nSPS) is 12.9. The van der Waals surface area contributed by atoms with Gasteiger partial charge in [0, 0.05) is 32.7 Å². The summed E-state index contributed by atoms with van der Waals surface area (Å²) in [6.07, 6.45) is 6.19. The van der Waals surface area contributed by atoms with Crippen LogP contribution in [0.25, 0.3) is 0 Å². The van der Waals surface area contributed by atoms with Crippen molar-refractivity contribution < 1.29 is 29.3 Å². The van der Waals surface area contributed by atoms with E-state index in [1.54, 1.807) is 24.3 Å². The lowest BCUT2D eigenvalue weighted by molar-refractivity contribution is -0.123. The maximum absolute atomic E-state index is 12.1. The maximum atomic E-state index is 12.1. The second kappa shape index (κ2) is 16.7. The molecule has 0 heterocycles. The summed E-state index contributed by atoms with van der Waals surface area (Å²) in [5.41, 5.74) is 0.531. The van der Waals surface area contributed by atoms with Gasteiger partial charge in [0.1, 0.15) is 11.5 Å². The zero-order chi connectivity index (χ0) is 25.2. The molecule has 0 saturated carbocycles. The summed E-state index contributed by atoms with van der Waals surface area (Å²) >= 11 is 0. The molecule has 0 bridgehead atoms. The van der Waals surface area contributed by atoms with E-state index in [0.717, 1.165) is 12.0 Å². The summed E-state index contributed by atoms with van der Waals surface area (Å²) < 4.78 is 11.0. The lowest BCUT2D eigenvalue weighted by Crippen LogP contribution is -2.30. The fourth-order valence-corrected chi connectivity index (χ4v) is 3.02. The van der Waals surface area contributed by atoms with Crippen LogP contribution in [0.5, 0.6) is 5.75 Å². The van der Waals surface area contributed by atoms with Gasteiger partial charge in [0.15, 0.2) is 0 Å². The molecule has 2 amide bonds. The zero-order valence-electron chi connectivity index (χ0n) is 20.5. The second-order valence-corrected chi connectivity index (χ2v) is 8.48. The predicted octanol–water partition coefficient (Wildman–Crippen LogP) is 3.41. The van der Waals surface area contributed by atoms with E-state index in [-0.39, 0.29) is 35.2 Å². The average molecular weight is 477 g/mol. The van der Waals surface area contributed by atoms with Gasteiger partial charge in [0.05, 0.1) is 19.6 Å². The molecule has 190 valence electrons. The topological polar surface area (TPSA) is 117 Å². The molecule has 0 radical (unpaired) electrons. The summed E-state index contributed by atoms with van der Waals surface area (Å²) in [6.45, 7) is 10.5. The quantitative estimate of drug-likeness (QED) is 0.147. The minimum Gasteiger partial charge on any atom is -0.509 e. The number of benzene rings is 1. The van der Waals surface area contributed by atoms with E-state index in [1.165, 1.54) is 6.08 Å². The van der Waals surface area contributed by atoms with Gasteiger partial charge >= 0.3 is 0 Å².